The van der Waals surface area contributed by atoms with Crippen molar-refractivity contribution in [3.8, 4) is 0 Å². The molecule has 2 aromatic carbocycles. The number of rotatable bonds is 4. The molecule has 4 rings (SSSR count). The third kappa shape index (κ3) is 4.23. The fourth-order valence-electron chi connectivity index (χ4n) is 4.33. The summed E-state index contributed by atoms with van der Waals surface area (Å²) in [5.41, 5.74) is 2.64. The molecule has 0 spiro atoms. The Morgan fingerprint density at radius 2 is 1.33 bits per heavy atom. The van der Waals surface area contributed by atoms with Crippen LogP contribution in [0.2, 0.25) is 0 Å². The van der Waals surface area contributed by atoms with Gasteiger partial charge in [-0.2, -0.15) is 0 Å². The van der Waals surface area contributed by atoms with E-state index in [2.05, 4.69) is 65.6 Å². The SMILES string of the molecule is O=C(C1CCN(C(c2ccccc2)c2ccccc2)CC1)N1CCOCC1. The van der Waals surface area contributed by atoms with E-state index in [0.717, 1.165) is 39.0 Å². The first-order valence-corrected chi connectivity index (χ1v) is 10.0. The van der Waals surface area contributed by atoms with Crippen LogP contribution in [0, 0.1) is 5.92 Å². The smallest absolute Gasteiger partial charge is 0.225 e. The van der Waals surface area contributed by atoms with Crippen molar-refractivity contribution in [2.75, 3.05) is 39.4 Å². The number of carbonyl (C=O) groups excluding carboxylic acids is 1. The van der Waals surface area contributed by atoms with Gasteiger partial charge in [0.05, 0.1) is 19.3 Å². The third-order valence-corrected chi connectivity index (χ3v) is 5.80. The van der Waals surface area contributed by atoms with Crippen molar-refractivity contribution in [3.63, 3.8) is 0 Å². The van der Waals surface area contributed by atoms with Crippen LogP contribution in [-0.4, -0.2) is 55.1 Å². The maximum absolute atomic E-state index is 12.8. The van der Waals surface area contributed by atoms with Crippen LogP contribution >= 0.6 is 0 Å². The van der Waals surface area contributed by atoms with Crippen LogP contribution in [0.15, 0.2) is 60.7 Å². The minimum absolute atomic E-state index is 0.159. The number of ether oxygens (including phenoxy) is 1. The molecule has 2 aromatic rings. The van der Waals surface area contributed by atoms with Crippen molar-refractivity contribution in [1.82, 2.24) is 9.80 Å². The molecule has 0 aromatic heterocycles. The van der Waals surface area contributed by atoms with Crippen LogP contribution in [0.3, 0.4) is 0 Å². The van der Waals surface area contributed by atoms with Crippen molar-refractivity contribution in [1.29, 1.82) is 0 Å². The minimum Gasteiger partial charge on any atom is -0.378 e. The van der Waals surface area contributed by atoms with Crippen LogP contribution in [-0.2, 0) is 9.53 Å². The number of hydrogen-bond donors (Lipinski definition) is 0. The van der Waals surface area contributed by atoms with E-state index >= 15 is 0 Å². The molecule has 2 fully saturated rings. The van der Waals surface area contributed by atoms with Crippen molar-refractivity contribution >= 4 is 5.91 Å². The van der Waals surface area contributed by atoms with Crippen molar-refractivity contribution in [2.24, 2.45) is 5.92 Å². The Bertz CT molecular complexity index is 681. The molecule has 0 radical (unpaired) electrons. The van der Waals surface area contributed by atoms with E-state index in [4.69, 9.17) is 4.74 Å². The maximum Gasteiger partial charge on any atom is 0.225 e. The topological polar surface area (TPSA) is 32.8 Å². The van der Waals surface area contributed by atoms with Crippen LogP contribution in [0.5, 0.6) is 0 Å². The van der Waals surface area contributed by atoms with E-state index in [9.17, 15) is 4.79 Å². The largest absolute Gasteiger partial charge is 0.378 e. The lowest BCUT2D eigenvalue weighted by Crippen LogP contribution is -2.47. The Hall–Kier alpha value is -2.17. The Kier molecular flexibility index (Phi) is 5.85. The van der Waals surface area contributed by atoms with Crippen molar-refractivity contribution in [3.05, 3.63) is 71.8 Å². The zero-order valence-corrected chi connectivity index (χ0v) is 15.8. The fraction of sp³-hybridized carbons (Fsp3) is 0.435. The monoisotopic (exact) mass is 364 g/mol. The van der Waals surface area contributed by atoms with E-state index in [-0.39, 0.29) is 12.0 Å². The molecule has 1 amide bonds. The average molecular weight is 364 g/mol. The number of nitrogens with zero attached hydrogens (tertiary/aromatic N) is 2. The van der Waals surface area contributed by atoms with E-state index in [1.807, 2.05) is 4.90 Å². The second-order valence-electron chi connectivity index (χ2n) is 7.47. The highest BCUT2D eigenvalue weighted by molar-refractivity contribution is 5.79. The van der Waals surface area contributed by atoms with Gasteiger partial charge in [-0.15, -0.1) is 0 Å². The van der Waals surface area contributed by atoms with Gasteiger partial charge in [-0.3, -0.25) is 9.69 Å². The van der Waals surface area contributed by atoms with E-state index in [0.29, 0.717) is 19.1 Å². The minimum atomic E-state index is 0.159. The molecule has 2 aliphatic rings. The Morgan fingerprint density at radius 3 is 1.85 bits per heavy atom. The number of amides is 1. The summed E-state index contributed by atoms with van der Waals surface area (Å²) in [4.78, 5) is 17.4. The van der Waals surface area contributed by atoms with Gasteiger partial charge in [-0.05, 0) is 37.1 Å². The van der Waals surface area contributed by atoms with Crippen LogP contribution < -0.4 is 0 Å². The summed E-state index contributed by atoms with van der Waals surface area (Å²) in [5, 5.41) is 0. The maximum atomic E-state index is 12.8. The molecule has 0 bridgehead atoms. The van der Waals surface area contributed by atoms with Gasteiger partial charge in [0, 0.05) is 19.0 Å². The molecule has 2 aliphatic heterocycles. The number of carbonyl (C=O) groups is 1. The van der Waals surface area contributed by atoms with Gasteiger partial charge in [0.15, 0.2) is 0 Å². The molecule has 0 N–H and O–H groups in total. The molecular formula is C23H28N2O2. The Balaban J connectivity index is 1.46. The first-order chi connectivity index (χ1) is 13.3. The molecule has 4 nitrogen and oxygen atoms in total. The van der Waals surface area contributed by atoms with E-state index in [1.54, 1.807) is 0 Å². The van der Waals surface area contributed by atoms with E-state index < -0.39 is 0 Å². The Morgan fingerprint density at radius 1 is 0.815 bits per heavy atom. The number of likely N-dealkylation sites (tertiary alicyclic amines) is 1. The number of benzene rings is 2. The lowest BCUT2D eigenvalue weighted by atomic mass is 9.90. The summed E-state index contributed by atoms with van der Waals surface area (Å²) in [6.07, 6.45) is 1.87. The predicted octanol–water partition coefficient (Wildman–Crippen LogP) is 3.35. The van der Waals surface area contributed by atoms with E-state index in [1.165, 1.54) is 11.1 Å². The molecule has 0 aliphatic carbocycles. The first-order valence-electron chi connectivity index (χ1n) is 10.0. The third-order valence-electron chi connectivity index (χ3n) is 5.80. The quantitative estimate of drug-likeness (QED) is 0.834. The highest BCUT2D eigenvalue weighted by Gasteiger charge is 2.32. The summed E-state index contributed by atoms with van der Waals surface area (Å²) < 4.78 is 5.38. The zero-order valence-electron chi connectivity index (χ0n) is 15.8. The summed E-state index contributed by atoms with van der Waals surface area (Å²) in [6, 6.07) is 21.7. The molecule has 2 saturated heterocycles. The normalized spacial score (nSPS) is 19.4. The van der Waals surface area contributed by atoms with Crippen molar-refractivity contribution < 1.29 is 9.53 Å². The first kappa shape index (κ1) is 18.2. The fourth-order valence-corrected chi connectivity index (χ4v) is 4.33. The molecule has 4 heteroatoms. The van der Waals surface area contributed by atoms with Crippen LogP contribution in [0.25, 0.3) is 0 Å². The van der Waals surface area contributed by atoms with Gasteiger partial charge in [-0.1, -0.05) is 60.7 Å². The molecule has 142 valence electrons. The van der Waals surface area contributed by atoms with Gasteiger partial charge in [0.25, 0.3) is 0 Å². The molecular weight excluding hydrogens is 336 g/mol. The van der Waals surface area contributed by atoms with Gasteiger partial charge < -0.3 is 9.64 Å². The summed E-state index contributed by atoms with van der Waals surface area (Å²) in [6.45, 7) is 4.75. The molecule has 0 unspecified atom stereocenters. The zero-order chi connectivity index (χ0) is 18.5. The highest BCUT2D eigenvalue weighted by Crippen LogP contribution is 2.32. The summed E-state index contributed by atoms with van der Waals surface area (Å²) in [7, 11) is 0. The molecule has 27 heavy (non-hydrogen) atoms. The second-order valence-corrected chi connectivity index (χ2v) is 7.47. The van der Waals surface area contributed by atoms with Gasteiger partial charge in [0.2, 0.25) is 5.91 Å². The summed E-state index contributed by atoms with van der Waals surface area (Å²) >= 11 is 0. The standard InChI is InChI=1S/C23H28N2O2/c26-23(25-15-17-27-18-16-25)21-11-13-24(14-12-21)22(19-7-3-1-4-8-19)20-9-5-2-6-10-20/h1-10,21-22H,11-18H2. The number of hydrogen-bond acceptors (Lipinski definition) is 3. The van der Waals surface area contributed by atoms with Crippen LogP contribution in [0.1, 0.15) is 30.0 Å². The second kappa shape index (κ2) is 8.68. The number of piperidine rings is 1. The van der Waals surface area contributed by atoms with Gasteiger partial charge in [0.1, 0.15) is 0 Å². The summed E-state index contributed by atoms with van der Waals surface area (Å²) in [5.74, 6) is 0.487. The lowest BCUT2D eigenvalue weighted by Gasteiger charge is -2.39. The van der Waals surface area contributed by atoms with Crippen LogP contribution in [0.4, 0.5) is 0 Å². The number of morpholine rings is 1. The predicted molar refractivity (Wildman–Crippen MR) is 106 cm³/mol. The highest BCUT2D eigenvalue weighted by atomic mass is 16.5. The van der Waals surface area contributed by atoms with Gasteiger partial charge >= 0.3 is 0 Å². The molecule has 0 atom stereocenters. The average Bonchev–Trinajstić information content (AvgIpc) is 2.76. The molecule has 2 heterocycles. The van der Waals surface area contributed by atoms with Gasteiger partial charge in [-0.25, -0.2) is 0 Å². The van der Waals surface area contributed by atoms with Crippen molar-refractivity contribution in [2.45, 2.75) is 18.9 Å². The Labute approximate surface area is 161 Å². The molecule has 0 saturated carbocycles. The lowest BCUT2D eigenvalue weighted by molar-refractivity contribution is -0.141.